The average Bonchev–Trinajstić information content (AvgIpc) is 2.68. The zero-order valence-electron chi connectivity index (χ0n) is 8.98. The molecule has 0 aliphatic carbocycles. The van der Waals surface area contributed by atoms with Crippen molar-refractivity contribution < 1.29 is 4.79 Å². The lowest BCUT2D eigenvalue weighted by molar-refractivity contribution is 0.101. The van der Waals surface area contributed by atoms with Crippen LogP contribution in [0.3, 0.4) is 0 Å². The first-order valence-electron chi connectivity index (χ1n) is 4.77. The van der Waals surface area contributed by atoms with Crippen LogP contribution < -0.4 is 5.32 Å². The Morgan fingerprint density at radius 2 is 2.19 bits per heavy atom. The Morgan fingerprint density at radius 1 is 1.38 bits per heavy atom. The molecule has 16 heavy (non-hydrogen) atoms. The number of pyridine rings is 1. The van der Waals surface area contributed by atoms with Gasteiger partial charge in [0.25, 0.3) is 5.91 Å². The zero-order valence-corrected chi connectivity index (χ0v) is 8.98. The number of carbonyl (C=O) groups excluding carboxylic acids is 1. The fraction of sp³-hybridized carbons (Fsp3) is 0.200. The Hall–Kier alpha value is -2.24. The second-order valence-electron chi connectivity index (χ2n) is 3.46. The van der Waals surface area contributed by atoms with Crippen LogP contribution in [0.25, 0.3) is 0 Å². The zero-order chi connectivity index (χ0) is 11.5. The van der Waals surface area contributed by atoms with Crippen molar-refractivity contribution in [3.05, 3.63) is 35.5 Å². The molecule has 0 atom stereocenters. The third-order valence-electron chi connectivity index (χ3n) is 1.97. The van der Waals surface area contributed by atoms with Gasteiger partial charge in [-0.25, -0.2) is 9.97 Å². The summed E-state index contributed by atoms with van der Waals surface area (Å²) >= 11 is 0. The molecule has 0 fully saturated rings. The van der Waals surface area contributed by atoms with Crippen molar-refractivity contribution >= 4 is 11.7 Å². The number of H-pyrrole nitrogens is 1. The fourth-order valence-corrected chi connectivity index (χ4v) is 1.40. The highest BCUT2D eigenvalue weighted by Crippen LogP contribution is 2.09. The molecule has 0 radical (unpaired) electrons. The van der Waals surface area contributed by atoms with E-state index in [1.807, 2.05) is 19.9 Å². The van der Waals surface area contributed by atoms with Crippen molar-refractivity contribution in [3.63, 3.8) is 0 Å². The van der Waals surface area contributed by atoms with E-state index in [-0.39, 0.29) is 11.7 Å². The minimum absolute atomic E-state index is 0.168. The number of rotatable bonds is 2. The van der Waals surface area contributed by atoms with Gasteiger partial charge < -0.3 is 5.32 Å². The Balaban J connectivity index is 2.18. The Kier molecular flexibility index (Phi) is 2.63. The van der Waals surface area contributed by atoms with Crippen molar-refractivity contribution in [3.8, 4) is 0 Å². The fourth-order valence-electron chi connectivity index (χ4n) is 1.40. The second-order valence-corrected chi connectivity index (χ2v) is 3.46. The summed E-state index contributed by atoms with van der Waals surface area (Å²) in [6.45, 7) is 3.82. The maximum absolute atomic E-state index is 11.6. The number of aromatic nitrogens is 4. The highest BCUT2D eigenvalue weighted by molar-refractivity contribution is 6.00. The number of anilines is 1. The van der Waals surface area contributed by atoms with E-state index in [1.165, 1.54) is 6.33 Å². The molecule has 6 nitrogen and oxygen atoms in total. The van der Waals surface area contributed by atoms with Crippen LogP contribution in [0.1, 0.15) is 21.9 Å². The molecule has 0 saturated heterocycles. The molecule has 2 N–H and O–H groups in total. The Morgan fingerprint density at radius 3 is 2.81 bits per heavy atom. The van der Waals surface area contributed by atoms with Crippen molar-refractivity contribution in [2.45, 2.75) is 13.8 Å². The highest BCUT2D eigenvalue weighted by atomic mass is 16.2. The molecule has 0 spiro atoms. The number of carbonyl (C=O) groups is 1. The van der Waals surface area contributed by atoms with Gasteiger partial charge in [-0.05, 0) is 31.5 Å². The number of aromatic amines is 1. The van der Waals surface area contributed by atoms with Gasteiger partial charge in [-0.2, -0.15) is 5.10 Å². The number of amides is 1. The highest BCUT2D eigenvalue weighted by Gasteiger charge is 2.09. The smallest absolute Gasteiger partial charge is 0.294 e. The summed E-state index contributed by atoms with van der Waals surface area (Å²) in [6, 6.07) is 3.73. The molecule has 0 aliphatic heterocycles. The Bertz CT molecular complexity index is 486. The van der Waals surface area contributed by atoms with Crippen molar-refractivity contribution in [2.75, 3.05) is 5.32 Å². The first kappa shape index (κ1) is 10.3. The number of nitrogens with zero attached hydrogens (tertiary/aromatic N) is 3. The van der Waals surface area contributed by atoms with E-state index in [1.54, 1.807) is 6.07 Å². The van der Waals surface area contributed by atoms with Gasteiger partial charge in [0.05, 0.1) is 0 Å². The van der Waals surface area contributed by atoms with Gasteiger partial charge in [-0.1, -0.05) is 0 Å². The molecular formula is C10H11N5O. The largest absolute Gasteiger partial charge is 0.304 e. The maximum atomic E-state index is 11.6. The summed E-state index contributed by atoms with van der Waals surface area (Å²) in [6.07, 6.45) is 1.28. The third-order valence-corrected chi connectivity index (χ3v) is 1.97. The normalized spacial score (nSPS) is 10.1. The van der Waals surface area contributed by atoms with Crippen LogP contribution in [0.2, 0.25) is 0 Å². The van der Waals surface area contributed by atoms with Crippen molar-refractivity contribution in [1.82, 2.24) is 20.2 Å². The molecule has 6 heteroatoms. The van der Waals surface area contributed by atoms with Crippen molar-refractivity contribution in [1.29, 1.82) is 0 Å². The molecular weight excluding hydrogens is 206 g/mol. The van der Waals surface area contributed by atoms with E-state index in [0.29, 0.717) is 5.82 Å². The molecule has 0 aromatic carbocycles. The van der Waals surface area contributed by atoms with Crippen molar-refractivity contribution in [2.24, 2.45) is 0 Å². The van der Waals surface area contributed by atoms with Gasteiger partial charge in [0.2, 0.25) is 5.82 Å². The molecule has 0 unspecified atom stereocenters. The van der Waals surface area contributed by atoms with Gasteiger partial charge in [0.1, 0.15) is 12.1 Å². The summed E-state index contributed by atoms with van der Waals surface area (Å²) in [4.78, 5) is 19.6. The monoisotopic (exact) mass is 217 g/mol. The number of hydrogen-bond acceptors (Lipinski definition) is 4. The van der Waals surface area contributed by atoms with Crippen LogP contribution in [-0.2, 0) is 0 Å². The van der Waals surface area contributed by atoms with E-state index >= 15 is 0 Å². The predicted octanol–water partition coefficient (Wildman–Crippen LogP) is 1.07. The molecule has 0 aliphatic rings. The summed E-state index contributed by atoms with van der Waals surface area (Å²) in [7, 11) is 0. The Labute approximate surface area is 92.1 Å². The van der Waals surface area contributed by atoms with E-state index in [0.717, 1.165) is 11.3 Å². The van der Waals surface area contributed by atoms with Gasteiger partial charge in [-0.15, -0.1) is 0 Å². The summed E-state index contributed by atoms with van der Waals surface area (Å²) in [5.74, 6) is 0.329. The SMILES string of the molecule is Cc1cc(C)nc(NC(=O)c2ncn[nH]2)c1. The van der Waals surface area contributed by atoms with Gasteiger partial charge in [0, 0.05) is 5.69 Å². The van der Waals surface area contributed by atoms with Crippen LogP contribution in [0, 0.1) is 13.8 Å². The van der Waals surface area contributed by atoms with Crippen LogP contribution in [0.15, 0.2) is 18.5 Å². The van der Waals surface area contributed by atoms with Crippen LogP contribution in [0.5, 0.6) is 0 Å². The van der Waals surface area contributed by atoms with E-state index in [2.05, 4.69) is 25.5 Å². The topological polar surface area (TPSA) is 83.6 Å². The second kappa shape index (κ2) is 4.09. The minimum Gasteiger partial charge on any atom is -0.304 e. The minimum atomic E-state index is -0.352. The molecule has 0 bridgehead atoms. The lowest BCUT2D eigenvalue weighted by Crippen LogP contribution is -2.15. The molecule has 2 aromatic rings. The van der Waals surface area contributed by atoms with E-state index in [4.69, 9.17) is 0 Å². The summed E-state index contributed by atoms with van der Waals surface area (Å²) in [5.41, 5.74) is 1.90. The molecule has 1 amide bonds. The molecule has 82 valence electrons. The first-order chi connectivity index (χ1) is 7.65. The molecule has 2 aromatic heterocycles. The van der Waals surface area contributed by atoms with Gasteiger partial charge >= 0.3 is 0 Å². The molecule has 2 heterocycles. The molecule has 0 saturated carbocycles. The summed E-state index contributed by atoms with van der Waals surface area (Å²) in [5, 5.41) is 8.73. The number of nitrogens with one attached hydrogen (secondary N) is 2. The lowest BCUT2D eigenvalue weighted by atomic mass is 10.2. The summed E-state index contributed by atoms with van der Waals surface area (Å²) < 4.78 is 0. The standard InChI is InChI=1S/C10H11N5O/c1-6-3-7(2)13-8(4-6)14-10(16)9-11-5-12-15-9/h3-5H,1-2H3,(H,11,12,15)(H,13,14,16). The number of aryl methyl sites for hydroxylation is 2. The van der Waals surface area contributed by atoms with Crippen LogP contribution >= 0.6 is 0 Å². The van der Waals surface area contributed by atoms with Gasteiger partial charge in [-0.3, -0.25) is 9.89 Å². The average molecular weight is 217 g/mol. The number of hydrogen-bond donors (Lipinski definition) is 2. The first-order valence-corrected chi connectivity index (χ1v) is 4.77. The third kappa shape index (κ3) is 2.22. The van der Waals surface area contributed by atoms with Crippen LogP contribution in [-0.4, -0.2) is 26.1 Å². The lowest BCUT2D eigenvalue weighted by Gasteiger charge is -2.04. The maximum Gasteiger partial charge on any atom is 0.294 e. The van der Waals surface area contributed by atoms with Gasteiger partial charge in [0.15, 0.2) is 0 Å². The van der Waals surface area contributed by atoms with E-state index in [9.17, 15) is 4.79 Å². The molecule has 2 rings (SSSR count). The quantitative estimate of drug-likeness (QED) is 0.788. The predicted molar refractivity (Wildman–Crippen MR) is 58.0 cm³/mol. The van der Waals surface area contributed by atoms with Crippen LogP contribution in [0.4, 0.5) is 5.82 Å². The van der Waals surface area contributed by atoms with E-state index < -0.39 is 0 Å².